The summed E-state index contributed by atoms with van der Waals surface area (Å²) in [6.45, 7) is 9.15. The molecule has 416 valence electrons. The van der Waals surface area contributed by atoms with Crippen LogP contribution >= 0.6 is 0 Å². The van der Waals surface area contributed by atoms with E-state index in [-0.39, 0.29) is 82.3 Å². The highest BCUT2D eigenvalue weighted by Gasteiger charge is 2.35. The summed E-state index contributed by atoms with van der Waals surface area (Å²) in [6, 6.07) is 8.73. The van der Waals surface area contributed by atoms with Crippen molar-refractivity contribution in [2.24, 2.45) is 62.0 Å². The van der Waals surface area contributed by atoms with Crippen molar-refractivity contribution < 1.29 is 38.4 Å². The number of benzene rings is 2. The van der Waals surface area contributed by atoms with Crippen LogP contribution in [-0.4, -0.2) is 127 Å². The van der Waals surface area contributed by atoms with E-state index >= 15 is 0 Å². The van der Waals surface area contributed by atoms with Crippen molar-refractivity contribution in [2.45, 2.75) is 154 Å². The van der Waals surface area contributed by atoms with Gasteiger partial charge < -0.3 is 77.4 Å². The van der Waals surface area contributed by atoms with Crippen molar-refractivity contribution in [3.05, 3.63) is 71.8 Å². The van der Waals surface area contributed by atoms with E-state index < -0.39 is 102 Å². The average Bonchev–Trinajstić information content (AvgIpc) is 3.36. The van der Waals surface area contributed by atoms with Gasteiger partial charge in [-0.25, -0.2) is 0 Å². The molecule has 8 amide bonds. The molecule has 0 spiro atoms. The maximum Gasteiger partial charge on any atom is 0.243 e. The quantitative estimate of drug-likeness (QED) is 0.0202. The maximum atomic E-state index is 14.4. The number of carbonyl (C=O) groups excluding carboxylic acids is 8. The van der Waals surface area contributed by atoms with Crippen LogP contribution < -0.4 is 77.4 Å². The summed E-state index contributed by atoms with van der Waals surface area (Å²) < 4.78 is 0. The van der Waals surface area contributed by atoms with Gasteiger partial charge in [0.25, 0.3) is 0 Å². The summed E-state index contributed by atoms with van der Waals surface area (Å²) in [5.41, 5.74) is 41.4. The van der Waals surface area contributed by atoms with E-state index in [0.29, 0.717) is 25.8 Å². The average molecular weight is 1050 g/mol. The third-order valence-corrected chi connectivity index (χ3v) is 12.2. The first-order valence-electron chi connectivity index (χ1n) is 25.6. The van der Waals surface area contributed by atoms with Gasteiger partial charge in [0.1, 0.15) is 42.3 Å². The Morgan fingerprint density at radius 3 is 1.36 bits per heavy atom. The molecule has 0 radical (unpaired) electrons. The Morgan fingerprint density at radius 1 is 0.493 bits per heavy atom. The van der Waals surface area contributed by atoms with Gasteiger partial charge in [0.05, 0.1) is 6.04 Å². The molecule has 0 aliphatic heterocycles. The molecule has 0 bridgehead atoms. The van der Waals surface area contributed by atoms with Crippen LogP contribution in [0.1, 0.15) is 104 Å². The van der Waals surface area contributed by atoms with Gasteiger partial charge in [-0.05, 0) is 94.2 Å². The van der Waals surface area contributed by atoms with Crippen molar-refractivity contribution >= 4 is 59.2 Å². The van der Waals surface area contributed by atoms with Crippen LogP contribution in [0, 0.1) is 11.8 Å². The molecule has 24 nitrogen and oxygen atoms in total. The summed E-state index contributed by atoms with van der Waals surface area (Å²) in [5, 5.41) is 19.0. The van der Waals surface area contributed by atoms with Crippen molar-refractivity contribution in [2.75, 3.05) is 19.6 Å². The van der Waals surface area contributed by atoms with Crippen LogP contribution in [0.25, 0.3) is 0 Å². The molecule has 0 unspecified atom stereocenters. The maximum absolute atomic E-state index is 14.4. The first kappa shape index (κ1) is 63.8. The number of primary amides is 1. The molecular weight excluding hydrogens is 965 g/mol. The Kier molecular flexibility index (Phi) is 29.1. The second kappa shape index (κ2) is 34.2. The Morgan fingerprint density at radius 2 is 0.920 bits per heavy atom. The molecule has 0 saturated carbocycles. The van der Waals surface area contributed by atoms with Gasteiger partial charge in [-0.15, -0.1) is 0 Å². The molecule has 0 aliphatic carbocycles. The fourth-order valence-electron chi connectivity index (χ4n) is 7.76. The molecule has 0 aliphatic rings. The third kappa shape index (κ3) is 25.0. The summed E-state index contributed by atoms with van der Waals surface area (Å²) in [6.07, 6.45) is 2.22. The number of rotatable bonds is 35. The molecule has 0 fully saturated rings. The minimum atomic E-state index is -1.33. The van der Waals surface area contributed by atoms with Crippen LogP contribution in [0.4, 0.5) is 0 Å². The number of unbranched alkanes of at least 4 members (excludes halogenated alkanes) is 1. The topological polar surface area (TPSA) is 428 Å². The summed E-state index contributed by atoms with van der Waals surface area (Å²) >= 11 is 0. The van der Waals surface area contributed by atoms with Crippen LogP contribution in [0.15, 0.2) is 70.6 Å². The fourth-order valence-corrected chi connectivity index (χ4v) is 7.76. The number of nitrogens with two attached hydrogens (primary N) is 7. The molecule has 75 heavy (non-hydrogen) atoms. The number of hydrogen-bond acceptors (Lipinski definition) is 12. The standard InChI is InChI=1S/C51H84N16O8/c1-6-31(4)41(49(75)65-39(42(54)68)29-34-19-11-8-12-20-34)67-48(74)40(27-30(2)3)66-47(73)38(23-16-26-60-51(57)58)64-46(72)37(22-15-25-59-50(55)56)63-45(71)36(21-13-14-24-52)62-43(69)32(5)61-44(70)35(53)28-33-17-9-7-10-18-33/h7-12,17-20,30-32,35-41H,6,13-16,21-29,52-53H2,1-5H3,(H2,54,68)(H,61,70)(H,62,69)(H,63,71)(H,64,72)(H,65,75)(H,66,73)(H,67,74)(H4,55,56,59)(H4,57,58,60)/t31-,32-,35-,36-,37-,38-,39-,40-,41-/m0/s1. The van der Waals surface area contributed by atoms with E-state index in [2.05, 4.69) is 47.2 Å². The van der Waals surface area contributed by atoms with Gasteiger partial charge in [-0.3, -0.25) is 48.3 Å². The van der Waals surface area contributed by atoms with E-state index in [4.69, 9.17) is 40.1 Å². The number of nitrogens with one attached hydrogen (secondary N) is 7. The molecule has 0 aromatic heterocycles. The lowest BCUT2D eigenvalue weighted by Crippen LogP contribution is -2.61. The van der Waals surface area contributed by atoms with Crippen LogP contribution in [-0.2, 0) is 51.2 Å². The highest BCUT2D eigenvalue weighted by Crippen LogP contribution is 2.14. The van der Waals surface area contributed by atoms with Gasteiger partial charge in [-0.1, -0.05) is 94.8 Å². The van der Waals surface area contributed by atoms with Crippen LogP contribution in [0.5, 0.6) is 0 Å². The smallest absolute Gasteiger partial charge is 0.243 e. The minimum absolute atomic E-state index is 0.0364. The highest BCUT2D eigenvalue weighted by atomic mass is 16.2. The SMILES string of the molecule is CC[C@H](C)[C@H](NC(=O)[C@H](CC(C)C)NC(=O)[C@H](CCCN=C(N)N)NC(=O)[C@H](CCCN=C(N)N)NC(=O)[C@H](CCCCN)NC(=O)[C@H](C)NC(=O)[C@@H](N)Cc1ccccc1)C(=O)N[C@@H](Cc1ccccc1)C(N)=O. The first-order valence-corrected chi connectivity index (χ1v) is 25.6. The monoisotopic (exact) mass is 1050 g/mol. The lowest BCUT2D eigenvalue weighted by atomic mass is 9.95. The van der Waals surface area contributed by atoms with Gasteiger partial charge in [0.2, 0.25) is 47.3 Å². The zero-order valence-electron chi connectivity index (χ0n) is 44.1. The first-order chi connectivity index (χ1) is 35.6. The lowest BCUT2D eigenvalue weighted by Gasteiger charge is -2.29. The molecule has 21 N–H and O–H groups in total. The highest BCUT2D eigenvalue weighted by molar-refractivity contribution is 5.98. The van der Waals surface area contributed by atoms with Crippen molar-refractivity contribution in [1.29, 1.82) is 0 Å². The number of hydrogen-bond donors (Lipinski definition) is 14. The summed E-state index contributed by atoms with van der Waals surface area (Å²) in [5.74, 6) is -6.67. The molecule has 24 heteroatoms. The minimum Gasteiger partial charge on any atom is -0.370 e. The van der Waals surface area contributed by atoms with Crippen molar-refractivity contribution in [3.63, 3.8) is 0 Å². The summed E-state index contributed by atoms with van der Waals surface area (Å²) in [7, 11) is 0. The molecular formula is C51H84N16O8. The van der Waals surface area contributed by atoms with E-state index in [1.165, 1.54) is 6.92 Å². The molecule has 2 aromatic carbocycles. The van der Waals surface area contributed by atoms with Crippen LogP contribution in [0.2, 0.25) is 0 Å². The number of amides is 8. The molecule has 2 aromatic rings. The number of nitrogens with zero attached hydrogens (tertiary/aromatic N) is 2. The second-order valence-corrected chi connectivity index (χ2v) is 19.1. The van der Waals surface area contributed by atoms with Crippen molar-refractivity contribution in [1.82, 2.24) is 37.2 Å². The Bertz CT molecular complexity index is 2190. The Balaban J connectivity index is 2.42. The van der Waals surface area contributed by atoms with Crippen molar-refractivity contribution in [3.8, 4) is 0 Å². The van der Waals surface area contributed by atoms with Crippen LogP contribution in [0.3, 0.4) is 0 Å². The van der Waals surface area contributed by atoms with Gasteiger partial charge in [0, 0.05) is 19.5 Å². The number of carbonyl (C=O) groups is 8. The Hall–Kier alpha value is -7.34. The number of aliphatic imine (C=N–C) groups is 2. The van der Waals surface area contributed by atoms with Gasteiger partial charge in [0.15, 0.2) is 11.9 Å². The second-order valence-electron chi connectivity index (χ2n) is 19.1. The molecule has 9 atom stereocenters. The Labute approximate surface area is 440 Å². The molecule has 0 heterocycles. The van der Waals surface area contributed by atoms with E-state index in [9.17, 15) is 38.4 Å². The third-order valence-electron chi connectivity index (χ3n) is 12.2. The molecule has 2 rings (SSSR count). The van der Waals surface area contributed by atoms with E-state index in [1.54, 1.807) is 31.2 Å². The zero-order chi connectivity index (χ0) is 56.0. The van der Waals surface area contributed by atoms with Gasteiger partial charge in [-0.2, -0.15) is 0 Å². The van der Waals surface area contributed by atoms with E-state index in [1.807, 2.05) is 57.2 Å². The molecule has 0 saturated heterocycles. The lowest BCUT2D eigenvalue weighted by molar-refractivity contribution is -0.136. The number of guanidine groups is 2. The predicted molar refractivity (Wildman–Crippen MR) is 288 cm³/mol. The normalized spacial score (nSPS) is 14.6. The van der Waals surface area contributed by atoms with Gasteiger partial charge >= 0.3 is 0 Å². The zero-order valence-corrected chi connectivity index (χ0v) is 44.1. The predicted octanol–water partition coefficient (Wildman–Crippen LogP) is -1.97. The largest absolute Gasteiger partial charge is 0.370 e. The van der Waals surface area contributed by atoms with E-state index in [0.717, 1.165) is 11.1 Å². The summed E-state index contributed by atoms with van der Waals surface area (Å²) in [4.78, 5) is 118. The fraction of sp³-hybridized carbons (Fsp3) is 0.569.